The SMILES string of the molecule is C=C(I)/C=c1/cccc/c1=C(/C)I. The quantitative estimate of drug-likeness (QED) is 0.641. The molecule has 1 aromatic rings. The maximum Gasteiger partial charge on any atom is 0.00641 e. The van der Waals surface area contributed by atoms with E-state index in [9.17, 15) is 0 Å². The minimum atomic E-state index is 1.06. The van der Waals surface area contributed by atoms with Crippen molar-refractivity contribution in [2.75, 3.05) is 0 Å². The third-order valence-corrected chi connectivity index (χ3v) is 2.54. The zero-order chi connectivity index (χ0) is 9.84. The van der Waals surface area contributed by atoms with Crippen molar-refractivity contribution in [3.05, 3.63) is 44.9 Å². The van der Waals surface area contributed by atoms with E-state index in [1.54, 1.807) is 0 Å². The highest BCUT2D eigenvalue weighted by atomic mass is 127. The Morgan fingerprint density at radius 2 is 1.92 bits per heavy atom. The lowest BCUT2D eigenvalue weighted by molar-refractivity contribution is 1.50. The second-order valence-corrected chi connectivity index (χ2v) is 5.72. The standard InChI is InChI=1S/C11H10I2/c1-8(12)7-10-5-3-4-6-11(10)9(2)13/h3-7H,1H2,2H3/b10-7-,11-9+. The van der Waals surface area contributed by atoms with Crippen molar-refractivity contribution in [3.8, 4) is 0 Å². The Morgan fingerprint density at radius 3 is 2.46 bits per heavy atom. The first kappa shape index (κ1) is 11.2. The minimum absolute atomic E-state index is 1.06. The van der Waals surface area contributed by atoms with Crippen molar-refractivity contribution in [1.29, 1.82) is 0 Å². The van der Waals surface area contributed by atoms with Crippen LogP contribution < -0.4 is 10.4 Å². The molecular weight excluding hydrogens is 386 g/mol. The Labute approximate surface area is 106 Å². The number of halogens is 2. The molecule has 68 valence electrons. The van der Waals surface area contributed by atoms with Gasteiger partial charge in [0.05, 0.1) is 0 Å². The van der Waals surface area contributed by atoms with E-state index in [4.69, 9.17) is 0 Å². The molecule has 0 N–H and O–H groups in total. The topological polar surface area (TPSA) is 0 Å². The summed E-state index contributed by atoms with van der Waals surface area (Å²) in [7, 11) is 0. The highest BCUT2D eigenvalue weighted by Crippen LogP contribution is 2.02. The predicted octanol–water partition coefficient (Wildman–Crippen LogP) is 2.98. The number of hydrogen-bond acceptors (Lipinski definition) is 0. The number of allylic oxidation sites excluding steroid dienone is 1. The minimum Gasteiger partial charge on any atom is -0.0856 e. The Morgan fingerprint density at radius 1 is 1.31 bits per heavy atom. The second-order valence-electron chi connectivity index (χ2n) is 2.71. The Hall–Kier alpha value is 0.160. The molecule has 0 aliphatic heterocycles. The third-order valence-electron chi connectivity index (χ3n) is 1.64. The Balaban J connectivity index is 3.56. The summed E-state index contributed by atoms with van der Waals surface area (Å²) >= 11 is 4.57. The maximum absolute atomic E-state index is 3.87. The van der Waals surface area contributed by atoms with Gasteiger partial charge < -0.3 is 0 Å². The molecule has 13 heavy (non-hydrogen) atoms. The monoisotopic (exact) mass is 396 g/mol. The molecule has 0 saturated heterocycles. The van der Waals surface area contributed by atoms with Gasteiger partial charge >= 0.3 is 0 Å². The lowest BCUT2D eigenvalue weighted by Gasteiger charge is -1.92. The summed E-state index contributed by atoms with van der Waals surface area (Å²) in [4.78, 5) is 0. The van der Waals surface area contributed by atoms with E-state index in [0.29, 0.717) is 0 Å². The summed E-state index contributed by atoms with van der Waals surface area (Å²) in [5.74, 6) is 0. The average Bonchev–Trinajstić information content (AvgIpc) is 2.03. The van der Waals surface area contributed by atoms with Gasteiger partial charge in [-0.1, -0.05) is 30.8 Å². The fourth-order valence-electron chi connectivity index (χ4n) is 1.11. The zero-order valence-electron chi connectivity index (χ0n) is 7.35. The fraction of sp³-hybridized carbons (Fsp3) is 0.0909. The van der Waals surface area contributed by atoms with Crippen molar-refractivity contribution >= 4 is 54.8 Å². The number of hydrogen-bond donors (Lipinski definition) is 0. The molecule has 1 rings (SSSR count). The van der Waals surface area contributed by atoms with Gasteiger partial charge in [-0.3, -0.25) is 0 Å². The molecule has 0 amide bonds. The molecule has 0 atom stereocenters. The summed E-state index contributed by atoms with van der Waals surface area (Å²) in [6, 6.07) is 8.35. The van der Waals surface area contributed by atoms with Crippen molar-refractivity contribution in [1.82, 2.24) is 0 Å². The number of benzene rings is 1. The summed E-state index contributed by atoms with van der Waals surface area (Å²) in [6.45, 7) is 5.98. The normalized spacial score (nSPS) is 14.2. The highest BCUT2D eigenvalue weighted by molar-refractivity contribution is 14.1. The molecule has 2 heteroatoms. The van der Waals surface area contributed by atoms with Gasteiger partial charge in [-0.15, -0.1) is 0 Å². The van der Waals surface area contributed by atoms with E-state index in [2.05, 4.69) is 89.0 Å². The van der Waals surface area contributed by atoms with Crippen LogP contribution in [0.3, 0.4) is 0 Å². The molecule has 1 aromatic carbocycles. The number of rotatable bonds is 1. The average molecular weight is 396 g/mol. The Kier molecular flexibility index (Phi) is 4.45. The molecule has 0 nitrogen and oxygen atoms in total. The second kappa shape index (κ2) is 5.14. The Bertz CT molecular complexity index is 426. The van der Waals surface area contributed by atoms with Gasteiger partial charge in [0.15, 0.2) is 0 Å². The van der Waals surface area contributed by atoms with Crippen LogP contribution in [-0.2, 0) is 0 Å². The van der Waals surface area contributed by atoms with Crippen LogP contribution in [0.15, 0.2) is 34.4 Å². The smallest absolute Gasteiger partial charge is 0.00641 e. The van der Waals surface area contributed by atoms with E-state index in [1.165, 1.54) is 14.0 Å². The van der Waals surface area contributed by atoms with Crippen LogP contribution in [0.4, 0.5) is 0 Å². The van der Waals surface area contributed by atoms with Crippen molar-refractivity contribution in [3.63, 3.8) is 0 Å². The van der Waals surface area contributed by atoms with Crippen LogP contribution in [0, 0.1) is 0 Å². The van der Waals surface area contributed by atoms with Crippen LogP contribution in [0.2, 0.25) is 0 Å². The molecule has 0 aliphatic rings. The maximum atomic E-state index is 3.87. The summed E-state index contributed by atoms with van der Waals surface area (Å²) in [5.41, 5.74) is 0. The van der Waals surface area contributed by atoms with Crippen LogP contribution in [0.1, 0.15) is 6.92 Å². The molecule has 0 fully saturated rings. The molecule has 0 unspecified atom stereocenters. The van der Waals surface area contributed by atoms with Gasteiger partial charge in [0.1, 0.15) is 0 Å². The zero-order valence-corrected chi connectivity index (χ0v) is 11.7. The van der Waals surface area contributed by atoms with Crippen LogP contribution in [0.5, 0.6) is 0 Å². The third kappa shape index (κ3) is 3.42. The van der Waals surface area contributed by atoms with Gasteiger partial charge in [0, 0.05) is 3.58 Å². The van der Waals surface area contributed by atoms with E-state index >= 15 is 0 Å². The molecular formula is C11H10I2. The summed E-state index contributed by atoms with van der Waals surface area (Å²) in [5, 5.41) is 2.54. The summed E-state index contributed by atoms with van der Waals surface area (Å²) in [6.07, 6.45) is 2.10. The molecule has 0 saturated carbocycles. The highest BCUT2D eigenvalue weighted by Gasteiger charge is 1.88. The van der Waals surface area contributed by atoms with Crippen molar-refractivity contribution in [2.45, 2.75) is 6.92 Å². The molecule has 0 radical (unpaired) electrons. The van der Waals surface area contributed by atoms with E-state index in [0.717, 1.165) is 3.58 Å². The summed E-state index contributed by atoms with van der Waals surface area (Å²) < 4.78 is 2.37. The first-order valence-corrected chi connectivity index (χ1v) is 6.04. The van der Waals surface area contributed by atoms with Crippen molar-refractivity contribution < 1.29 is 0 Å². The fourth-order valence-corrected chi connectivity index (χ4v) is 1.93. The first-order chi connectivity index (χ1) is 6.11. The molecule has 0 spiro atoms. The van der Waals surface area contributed by atoms with Crippen LogP contribution in [-0.4, -0.2) is 0 Å². The lowest BCUT2D eigenvalue weighted by atomic mass is 10.2. The molecule has 0 bridgehead atoms. The van der Waals surface area contributed by atoms with Gasteiger partial charge in [0.25, 0.3) is 0 Å². The van der Waals surface area contributed by atoms with E-state index in [1.807, 2.05) is 0 Å². The molecule has 0 aromatic heterocycles. The van der Waals surface area contributed by atoms with Gasteiger partial charge in [-0.25, -0.2) is 0 Å². The van der Waals surface area contributed by atoms with Crippen LogP contribution in [0.25, 0.3) is 9.66 Å². The lowest BCUT2D eigenvalue weighted by Crippen LogP contribution is -2.24. The predicted molar refractivity (Wildman–Crippen MR) is 76.4 cm³/mol. The first-order valence-electron chi connectivity index (χ1n) is 3.89. The van der Waals surface area contributed by atoms with Gasteiger partial charge in [-0.05, 0) is 72.2 Å². The molecule has 0 heterocycles. The largest absolute Gasteiger partial charge is 0.0856 e. The van der Waals surface area contributed by atoms with Gasteiger partial charge in [-0.2, -0.15) is 0 Å². The molecule has 0 aliphatic carbocycles. The van der Waals surface area contributed by atoms with Gasteiger partial charge in [0.2, 0.25) is 0 Å². The van der Waals surface area contributed by atoms with Crippen molar-refractivity contribution in [2.24, 2.45) is 0 Å². The van der Waals surface area contributed by atoms with Crippen LogP contribution >= 0.6 is 45.2 Å². The van der Waals surface area contributed by atoms with E-state index in [-0.39, 0.29) is 0 Å². The van der Waals surface area contributed by atoms with E-state index < -0.39 is 0 Å².